The summed E-state index contributed by atoms with van der Waals surface area (Å²) in [5.41, 5.74) is 0. The van der Waals surface area contributed by atoms with E-state index in [1.165, 1.54) is 0 Å². The van der Waals surface area contributed by atoms with Gasteiger partial charge in [-0.2, -0.15) is 0 Å². The maximum Gasteiger partial charge on any atom is 0.338 e. The first-order valence-electron chi connectivity index (χ1n) is 11.3. The van der Waals surface area contributed by atoms with Gasteiger partial charge >= 0.3 is 5.97 Å². The molecule has 0 aromatic heterocycles. The molecular weight excluding hydrogens is 424 g/mol. The molecule has 4 heterocycles. The molecule has 4 rings (SSSR count). The van der Waals surface area contributed by atoms with Gasteiger partial charge in [-0.3, -0.25) is 0 Å². The van der Waals surface area contributed by atoms with Gasteiger partial charge in [0.1, 0.15) is 36.6 Å². The molecule has 4 aliphatic rings. The molecule has 0 aromatic carbocycles. The lowest BCUT2D eigenvalue weighted by atomic mass is 9.97. The summed E-state index contributed by atoms with van der Waals surface area (Å²) in [7, 11) is 3.22. The number of aliphatic hydroxyl groups excluding tert-OH is 1. The topological polar surface area (TPSA) is 111 Å². The Morgan fingerprint density at radius 1 is 0.812 bits per heavy atom. The fourth-order valence-corrected chi connectivity index (χ4v) is 4.76. The number of esters is 1. The number of carbonyl (C=O) groups is 1. The van der Waals surface area contributed by atoms with E-state index in [2.05, 4.69) is 0 Å². The van der Waals surface area contributed by atoms with Crippen LogP contribution in [-0.4, -0.2) is 92.0 Å². The zero-order valence-corrected chi connectivity index (χ0v) is 20.2. The molecule has 0 aromatic rings. The van der Waals surface area contributed by atoms with Crippen LogP contribution in [0.5, 0.6) is 0 Å². The van der Waals surface area contributed by atoms with Crippen molar-refractivity contribution in [1.29, 1.82) is 0 Å². The quantitative estimate of drug-likeness (QED) is 0.617. The molecule has 0 amide bonds. The second kappa shape index (κ2) is 9.79. The number of carbonyl (C=O) groups excluding carboxylic acids is 1. The number of rotatable bonds is 4. The Morgan fingerprint density at radius 2 is 1.31 bits per heavy atom. The molecule has 0 spiro atoms. The Balaban J connectivity index is 0.000000181. The van der Waals surface area contributed by atoms with Gasteiger partial charge in [0, 0.05) is 14.2 Å². The van der Waals surface area contributed by atoms with E-state index in [-0.39, 0.29) is 42.6 Å². The number of fused-ring (bicyclic) bond motifs is 2. The molecule has 0 aliphatic carbocycles. The Morgan fingerprint density at radius 3 is 1.88 bits per heavy atom. The minimum Gasteiger partial charge on any atom is -0.458 e. The third-order valence-corrected chi connectivity index (χ3v) is 6.12. The van der Waals surface area contributed by atoms with Gasteiger partial charge < -0.3 is 43.0 Å². The number of cyclic esters (lactones) is 1. The Labute approximate surface area is 189 Å². The molecular formula is C22H38O10. The summed E-state index contributed by atoms with van der Waals surface area (Å²) < 4.78 is 44.1. The zero-order valence-electron chi connectivity index (χ0n) is 20.2. The van der Waals surface area contributed by atoms with Crippen LogP contribution in [0.25, 0.3) is 0 Å². The maximum absolute atomic E-state index is 11.7. The van der Waals surface area contributed by atoms with Crippen molar-refractivity contribution in [2.24, 2.45) is 0 Å². The van der Waals surface area contributed by atoms with E-state index < -0.39 is 30.1 Å². The molecule has 7 unspecified atom stereocenters. The van der Waals surface area contributed by atoms with Gasteiger partial charge in [0.25, 0.3) is 0 Å². The van der Waals surface area contributed by atoms with Gasteiger partial charge in [-0.15, -0.1) is 0 Å². The first-order valence-corrected chi connectivity index (χ1v) is 11.3. The van der Waals surface area contributed by atoms with Crippen molar-refractivity contribution in [3.8, 4) is 0 Å². The van der Waals surface area contributed by atoms with Crippen molar-refractivity contribution in [3.63, 3.8) is 0 Å². The molecule has 0 radical (unpaired) electrons. The number of hydrogen-bond donors (Lipinski definition) is 1. The van der Waals surface area contributed by atoms with Crippen LogP contribution in [-0.2, 0) is 42.7 Å². The molecule has 0 bridgehead atoms. The van der Waals surface area contributed by atoms with Crippen molar-refractivity contribution >= 4 is 5.97 Å². The molecule has 9 atom stereocenters. The second-order valence-corrected chi connectivity index (χ2v) is 9.34. The van der Waals surface area contributed by atoms with Crippen molar-refractivity contribution in [3.05, 3.63) is 0 Å². The van der Waals surface area contributed by atoms with Gasteiger partial charge in [-0.25, -0.2) is 4.79 Å². The first kappa shape index (κ1) is 25.8. The van der Waals surface area contributed by atoms with Crippen molar-refractivity contribution in [1.82, 2.24) is 0 Å². The second-order valence-electron chi connectivity index (χ2n) is 9.34. The van der Waals surface area contributed by atoms with E-state index in [1.54, 1.807) is 28.1 Å². The molecule has 4 saturated heterocycles. The van der Waals surface area contributed by atoms with Crippen LogP contribution >= 0.6 is 0 Å². The molecule has 0 saturated carbocycles. The van der Waals surface area contributed by atoms with Crippen LogP contribution in [0.1, 0.15) is 54.4 Å². The monoisotopic (exact) mass is 462 g/mol. The lowest BCUT2D eigenvalue weighted by Gasteiger charge is -2.39. The normalized spacial score (nSPS) is 44.2. The molecule has 10 nitrogen and oxygen atoms in total. The minimum atomic E-state index is -0.942. The van der Waals surface area contributed by atoms with Gasteiger partial charge in [0.15, 0.2) is 24.0 Å². The van der Waals surface area contributed by atoms with Gasteiger partial charge in [-0.1, -0.05) is 13.8 Å². The molecule has 10 heteroatoms. The standard InChI is InChI=1S/C11H20O5.C11H18O5/c2*1-5-6-7(13-4)8-9(10(12)14-6)16-11(2,3)15-8/h6-10,12H,5H2,1-4H3;6-9H,5H2,1-4H3/t6-,7?,8?,9?,10?;6-,7?,8?,9?/m00/s1. The van der Waals surface area contributed by atoms with E-state index in [0.29, 0.717) is 6.42 Å². The fraction of sp³-hybridized carbons (Fsp3) is 0.955. The Kier molecular flexibility index (Phi) is 7.88. The minimum absolute atomic E-state index is 0.154. The summed E-state index contributed by atoms with van der Waals surface area (Å²) in [6.45, 7) is 11.2. The first-order chi connectivity index (χ1) is 15.0. The van der Waals surface area contributed by atoms with Crippen LogP contribution in [0.15, 0.2) is 0 Å². The number of hydrogen-bond acceptors (Lipinski definition) is 10. The lowest BCUT2D eigenvalue weighted by Crippen LogP contribution is -2.56. The SMILES string of the molecule is CC[C@@H]1OC(=O)C2OC(C)(C)OC2C1OC.CC[C@@H]1OC(O)C2OC(C)(C)OC2C1OC. The molecule has 4 aliphatic heterocycles. The highest BCUT2D eigenvalue weighted by atomic mass is 16.8. The van der Waals surface area contributed by atoms with Crippen LogP contribution in [0.4, 0.5) is 0 Å². The third-order valence-electron chi connectivity index (χ3n) is 6.12. The van der Waals surface area contributed by atoms with E-state index >= 15 is 0 Å². The van der Waals surface area contributed by atoms with Crippen molar-refractivity contribution in [2.45, 2.75) is 121 Å². The predicted molar refractivity (Wildman–Crippen MR) is 111 cm³/mol. The highest BCUT2D eigenvalue weighted by Gasteiger charge is 2.56. The lowest BCUT2D eigenvalue weighted by molar-refractivity contribution is -0.261. The van der Waals surface area contributed by atoms with Crippen LogP contribution < -0.4 is 0 Å². The summed E-state index contributed by atoms with van der Waals surface area (Å²) in [5, 5.41) is 9.84. The van der Waals surface area contributed by atoms with E-state index in [0.717, 1.165) is 6.42 Å². The maximum atomic E-state index is 11.7. The number of aliphatic hydroxyl groups is 1. The highest BCUT2D eigenvalue weighted by Crippen LogP contribution is 2.38. The average molecular weight is 463 g/mol. The van der Waals surface area contributed by atoms with Crippen molar-refractivity contribution < 1.29 is 47.8 Å². The van der Waals surface area contributed by atoms with E-state index in [9.17, 15) is 9.90 Å². The number of methoxy groups -OCH3 is 2. The number of ether oxygens (including phenoxy) is 8. The Bertz CT molecular complexity index is 653. The van der Waals surface area contributed by atoms with Crippen LogP contribution in [0.3, 0.4) is 0 Å². The van der Waals surface area contributed by atoms with Crippen LogP contribution in [0, 0.1) is 0 Å². The largest absolute Gasteiger partial charge is 0.458 e. The Hall–Kier alpha value is -0.850. The zero-order chi connectivity index (χ0) is 23.8. The van der Waals surface area contributed by atoms with E-state index in [4.69, 9.17) is 37.9 Å². The van der Waals surface area contributed by atoms with Crippen molar-refractivity contribution in [2.75, 3.05) is 14.2 Å². The summed E-state index contributed by atoms with van der Waals surface area (Å²) in [5.74, 6) is -1.80. The molecule has 1 N–H and O–H groups in total. The summed E-state index contributed by atoms with van der Waals surface area (Å²) >= 11 is 0. The van der Waals surface area contributed by atoms with E-state index in [1.807, 2.05) is 27.7 Å². The predicted octanol–water partition coefficient (Wildman–Crippen LogP) is 1.51. The van der Waals surface area contributed by atoms with Gasteiger partial charge in [0.2, 0.25) is 0 Å². The van der Waals surface area contributed by atoms with Crippen LogP contribution in [0.2, 0.25) is 0 Å². The smallest absolute Gasteiger partial charge is 0.338 e. The fourth-order valence-electron chi connectivity index (χ4n) is 4.76. The summed E-state index contributed by atoms with van der Waals surface area (Å²) in [4.78, 5) is 11.7. The molecule has 4 fully saturated rings. The molecule has 186 valence electrons. The third kappa shape index (κ3) is 5.12. The summed E-state index contributed by atoms with van der Waals surface area (Å²) in [6.07, 6.45) is -2.10. The van der Waals surface area contributed by atoms with Gasteiger partial charge in [0.05, 0.1) is 6.10 Å². The van der Waals surface area contributed by atoms with Gasteiger partial charge in [-0.05, 0) is 40.5 Å². The summed E-state index contributed by atoms with van der Waals surface area (Å²) in [6, 6.07) is 0. The highest BCUT2D eigenvalue weighted by molar-refractivity contribution is 5.77. The molecule has 32 heavy (non-hydrogen) atoms. The average Bonchev–Trinajstić information content (AvgIpc) is 3.23.